The minimum Gasteiger partial charge on any atom is -0.497 e. The summed E-state index contributed by atoms with van der Waals surface area (Å²) in [6.45, 7) is 3.91. The fraction of sp³-hybridized carbons (Fsp3) is 0.111. The first kappa shape index (κ1) is 22.1. The van der Waals surface area contributed by atoms with Crippen molar-refractivity contribution in [2.24, 2.45) is 5.10 Å². The highest BCUT2D eigenvalue weighted by atomic mass is 16.5. The third-order valence-corrected chi connectivity index (χ3v) is 5.76. The summed E-state index contributed by atoms with van der Waals surface area (Å²) in [5, 5.41) is 7.54. The summed E-state index contributed by atoms with van der Waals surface area (Å²) in [5.74, 6) is 0.483. The maximum atomic E-state index is 13.5. The zero-order chi connectivity index (χ0) is 24.5. The van der Waals surface area contributed by atoms with Gasteiger partial charge >= 0.3 is 0 Å². The Bertz CT molecular complexity index is 1620. The number of carbonyl (C=O) groups excluding carboxylic acids is 1. The minimum atomic E-state index is -0.374. The van der Waals surface area contributed by atoms with Crippen molar-refractivity contribution in [1.82, 2.24) is 14.6 Å². The van der Waals surface area contributed by atoms with Crippen molar-refractivity contribution in [2.75, 3.05) is 18.2 Å². The van der Waals surface area contributed by atoms with Crippen molar-refractivity contribution >= 4 is 45.8 Å². The number of nitrogens with two attached hydrogens (primary N) is 1. The van der Waals surface area contributed by atoms with Gasteiger partial charge < -0.3 is 15.8 Å². The highest BCUT2D eigenvalue weighted by Gasteiger charge is 2.24. The number of benzene rings is 3. The molecule has 0 saturated heterocycles. The monoisotopic (exact) mass is 464 g/mol. The van der Waals surface area contributed by atoms with Crippen LogP contribution < -0.4 is 15.8 Å². The fourth-order valence-electron chi connectivity index (χ4n) is 3.89. The molecule has 5 aromatic rings. The van der Waals surface area contributed by atoms with E-state index in [4.69, 9.17) is 20.4 Å². The van der Waals surface area contributed by atoms with Gasteiger partial charge in [-0.25, -0.2) is 9.97 Å². The molecule has 5 rings (SSSR count). The first-order chi connectivity index (χ1) is 16.9. The number of aromatic nitrogens is 3. The number of nitrogens with one attached hydrogen (secondary N) is 1. The van der Waals surface area contributed by atoms with Crippen molar-refractivity contribution in [3.8, 4) is 5.75 Å². The predicted octanol–water partition coefficient (Wildman–Crippen LogP) is 4.93. The first-order valence-corrected chi connectivity index (χ1v) is 11.1. The second-order valence-electron chi connectivity index (χ2n) is 8.25. The molecule has 1 amide bonds. The van der Waals surface area contributed by atoms with Crippen LogP contribution in [0.15, 0.2) is 71.8 Å². The molecule has 3 N–H and O–H groups in total. The molecule has 0 fully saturated rings. The molecule has 0 aliphatic heterocycles. The molecule has 8 heteroatoms. The van der Waals surface area contributed by atoms with Crippen LogP contribution >= 0.6 is 0 Å². The van der Waals surface area contributed by atoms with Gasteiger partial charge in [0.25, 0.3) is 5.91 Å². The second kappa shape index (κ2) is 8.90. The quantitative estimate of drug-likeness (QED) is 0.359. The number of methoxy groups -OCH3 is 1. The number of rotatable bonds is 5. The molecule has 8 nitrogen and oxygen atoms in total. The number of para-hydroxylation sites is 2. The van der Waals surface area contributed by atoms with Crippen LogP contribution in [0.2, 0.25) is 0 Å². The Labute approximate surface area is 202 Å². The van der Waals surface area contributed by atoms with Gasteiger partial charge in [0, 0.05) is 5.69 Å². The molecule has 0 radical (unpaired) electrons. The zero-order valence-electron chi connectivity index (χ0n) is 19.6. The van der Waals surface area contributed by atoms with Gasteiger partial charge in [0.05, 0.1) is 24.4 Å². The maximum absolute atomic E-state index is 13.5. The third-order valence-electron chi connectivity index (χ3n) is 5.76. The molecule has 0 bridgehead atoms. The smallest absolute Gasteiger partial charge is 0.261 e. The Kier molecular flexibility index (Phi) is 5.62. The van der Waals surface area contributed by atoms with E-state index in [2.05, 4.69) is 10.4 Å². The Hall–Kier alpha value is -4.72. The van der Waals surface area contributed by atoms with Crippen LogP contribution in [0.5, 0.6) is 5.75 Å². The Morgan fingerprint density at radius 3 is 2.57 bits per heavy atom. The predicted molar refractivity (Wildman–Crippen MR) is 139 cm³/mol. The van der Waals surface area contributed by atoms with Crippen LogP contribution in [0.25, 0.3) is 22.2 Å². The Balaban J connectivity index is 1.66. The van der Waals surface area contributed by atoms with E-state index in [9.17, 15) is 4.79 Å². The van der Waals surface area contributed by atoms with Crippen LogP contribution in [0, 0.1) is 13.8 Å². The molecular weight excluding hydrogens is 440 g/mol. The summed E-state index contributed by atoms with van der Waals surface area (Å²) >= 11 is 0. The van der Waals surface area contributed by atoms with Crippen LogP contribution in [-0.2, 0) is 0 Å². The van der Waals surface area contributed by atoms with Crippen molar-refractivity contribution in [3.63, 3.8) is 0 Å². The maximum Gasteiger partial charge on any atom is 0.261 e. The largest absolute Gasteiger partial charge is 0.497 e. The van der Waals surface area contributed by atoms with Gasteiger partial charge in [-0.1, -0.05) is 36.4 Å². The summed E-state index contributed by atoms with van der Waals surface area (Å²) in [7, 11) is 1.61. The van der Waals surface area contributed by atoms with Gasteiger partial charge in [-0.3, -0.25) is 4.79 Å². The molecule has 2 aromatic heterocycles. The van der Waals surface area contributed by atoms with E-state index >= 15 is 0 Å². The highest BCUT2D eigenvalue weighted by molar-refractivity contribution is 6.16. The van der Waals surface area contributed by atoms with Crippen molar-refractivity contribution in [2.45, 2.75) is 13.8 Å². The zero-order valence-corrected chi connectivity index (χ0v) is 19.6. The van der Waals surface area contributed by atoms with Crippen LogP contribution in [0.1, 0.15) is 27.0 Å². The van der Waals surface area contributed by atoms with Gasteiger partial charge in [0.1, 0.15) is 22.6 Å². The average Bonchev–Trinajstić information content (AvgIpc) is 3.13. The van der Waals surface area contributed by atoms with Crippen LogP contribution in [0.4, 0.5) is 11.5 Å². The lowest BCUT2D eigenvalue weighted by Crippen LogP contribution is -2.15. The summed E-state index contributed by atoms with van der Waals surface area (Å²) in [5.41, 5.74) is 12.3. The number of nitrogen functional groups attached to an aromatic ring is 1. The van der Waals surface area contributed by atoms with Crippen LogP contribution in [-0.4, -0.2) is 33.9 Å². The lowest BCUT2D eigenvalue weighted by molar-refractivity contribution is 0.102. The third kappa shape index (κ3) is 4.17. The molecule has 0 unspecified atom stereocenters. The van der Waals surface area contributed by atoms with E-state index < -0.39 is 0 Å². The lowest BCUT2D eigenvalue weighted by atomic mass is 10.1. The molecule has 0 aliphatic carbocycles. The number of nitrogens with zero attached hydrogens (tertiary/aromatic N) is 4. The molecule has 35 heavy (non-hydrogen) atoms. The standard InChI is InChI=1S/C27H24N6O2/c1-16-11-12-17(2)22(13-16)32-27(34)23-24-26(31-21-10-5-4-9-20(21)30-24)33(25(23)28)29-15-18-7-6-8-19(14-18)35-3/h4-15H,28H2,1-3H3,(H,32,34)/b29-15+. The molecule has 0 atom stereocenters. The van der Waals surface area contributed by atoms with E-state index in [1.165, 1.54) is 4.68 Å². The van der Waals surface area contributed by atoms with Gasteiger partial charge in [-0.15, -0.1) is 0 Å². The van der Waals surface area contributed by atoms with Gasteiger partial charge in [0.2, 0.25) is 0 Å². The molecule has 0 aliphatic rings. The number of anilines is 2. The number of carbonyl (C=O) groups is 1. The van der Waals surface area contributed by atoms with E-state index in [0.717, 1.165) is 16.7 Å². The topological polar surface area (TPSA) is 107 Å². The van der Waals surface area contributed by atoms with Crippen molar-refractivity contribution < 1.29 is 9.53 Å². The molecule has 0 spiro atoms. The molecular formula is C27H24N6O2. The SMILES string of the molecule is COc1cccc(/C=N/n2c(N)c(C(=O)Nc3cc(C)ccc3C)c3nc4ccccc4nc32)c1. The molecule has 3 aromatic carbocycles. The average molecular weight is 465 g/mol. The lowest BCUT2D eigenvalue weighted by Gasteiger charge is -2.09. The Morgan fingerprint density at radius 2 is 1.80 bits per heavy atom. The van der Waals surface area contributed by atoms with Gasteiger partial charge in [0.15, 0.2) is 5.65 Å². The Morgan fingerprint density at radius 1 is 1.03 bits per heavy atom. The van der Waals surface area contributed by atoms with Crippen molar-refractivity contribution in [1.29, 1.82) is 0 Å². The van der Waals surface area contributed by atoms with E-state index in [-0.39, 0.29) is 17.3 Å². The fourth-order valence-corrected chi connectivity index (χ4v) is 3.89. The number of aryl methyl sites for hydroxylation is 2. The molecule has 0 saturated carbocycles. The highest BCUT2D eigenvalue weighted by Crippen LogP contribution is 2.29. The normalized spacial score (nSPS) is 11.4. The van der Waals surface area contributed by atoms with Gasteiger partial charge in [-0.2, -0.15) is 9.78 Å². The van der Waals surface area contributed by atoms with Crippen LogP contribution in [0.3, 0.4) is 0 Å². The van der Waals surface area contributed by atoms with Crippen molar-refractivity contribution in [3.05, 3.63) is 89.0 Å². The summed E-state index contributed by atoms with van der Waals surface area (Å²) in [6.07, 6.45) is 1.64. The summed E-state index contributed by atoms with van der Waals surface area (Å²) < 4.78 is 6.74. The number of hydrogen-bond donors (Lipinski definition) is 2. The summed E-state index contributed by atoms with van der Waals surface area (Å²) in [4.78, 5) is 22.9. The van der Waals surface area contributed by atoms with E-state index in [0.29, 0.717) is 33.6 Å². The first-order valence-electron chi connectivity index (χ1n) is 11.1. The van der Waals surface area contributed by atoms with E-state index in [1.54, 1.807) is 13.3 Å². The number of amides is 1. The number of ether oxygens (including phenoxy) is 1. The summed E-state index contributed by atoms with van der Waals surface area (Å²) in [6, 6.07) is 20.8. The molecule has 2 heterocycles. The molecule has 174 valence electrons. The van der Waals surface area contributed by atoms with E-state index in [1.807, 2.05) is 80.6 Å². The second-order valence-corrected chi connectivity index (χ2v) is 8.25. The number of fused-ring (bicyclic) bond motifs is 2. The minimum absolute atomic E-state index is 0.150. The number of hydrogen-bond acceptors (Lipinski definition) is 6. The van der Waals surface area contributed by atoms with Gasteiger partial charge in [-0.05, 0) is 60.9 Å².